The first-order valence-corrected chi connectivity index (χ1v) is 7.02. The molecule has 0 bridgehead atoms. The number of rotatable bonds is 2. The van der Waals surface area contributed by atoms with Crippen LogP contribution in [0.25, 0.3) is 5.65 Å². The zero-order chi connectivity index (χ0) is 12.5. The Hall–Kier alpha value is -1.14. The molecule has 2 aromatic heterocycles. The first kappa shape index (κ1) is 11.9. The molecular formula is C12H16BrN5. The van der Waals surface area contributed by atoms with Gasteiger partial charge >= 0.3 is 0 Å². The van der Waals surface area contributed by atoms with E-state index in [9.17, 15) is 0 Å². The lowest BCUT2D eigenvalue weighted by atomic mass is 9.97. The number of anilines is 1. The van der Waals surface area contributed by atoms with Crippen LogP contribution in [0.1, 0.15) is 12.8 Å². The Morgan fingerprint density at radius 3 is 2.83 bits per heavy atom. The smallest absolute Gasteiger partial charge is 0.245 e. The summed E-state index contributed by atoms with van der Waals surface area (Å²) < 4.78 is 2.82. The van der Waals surface area contributed by atoms with E-state index in [2.05, 4.69) is 30.9 Å². The van der Waals surface area contributed by atoms with Gasteiger partial charge in [-0.25, -0.2) is 4.52 Å². The molecule has 3 heterocycles. The molecular weight excluding hydrogens is 294 g/mol. The van der Waals surface area contributed by atoms with E-state index in [4.69, 9.17) is 5.73 Å². The van der Waals surface area contributed by atoms with E-state index in [1.807, 2.05) is 22.8 Å². The molecule has 6 heteroatoms. The monoisotopic (exact) mass is 309 g/mol. The van der Waals surface area contributed by atoms with Crippen LogP contribution >= 0.6 is 15.9 Å². The van der Waals surface area contributed by atoms with Gasteiger partial charge in [0.2, 0.25) is 5.95 Å². The minimum atomic E-state index is 0.660. The lowest BCUT2D eigenvalue weighted by molar-refractivity contribution is 0.411. The number of piperidine rings is 1. The van der Waals surface area contributed by atoms with E-state index in [0.717, 1.165) is 48.5 Å². The standard InChI is InChI=1S/C12H16BrN5/c13-10-1-2-11-15-12(16-18(11)8-10)17-5-3-9(7-14)4-6-17/h1-2,8-9H,3-7,14H2. The summed E-state index contributed by atoms with van der Waals surface area (Å²) in [6.45, 7) is 2.79. The van der Waals surface area contributed by atoms with Gasteiger partial charge in [-0.05, 0) is 53.4 Å². The number of pyridine rings is 1. The van der Waals surface area contributed by atoms with Crippen LogP contribution in [0.2, 0.25) is 0 Å². The second-order valence-corrected chi connectivity index (χ2v) is 5.64. The first-order chi connectivity index (χ1) is 8.76. The highest BCUT2D eigenvalue weighted by molar-refractivity contribution is 9.10. The summed E-state index contributed by atoms with van der Waals surface area (Å²) in [4.78, 5) is 6.80. The Labute approximate surface area is 114 Å². The molecule has 1 aliphatic heterocycles. The molecule has 0 spiro atoms. The lowest BCUT2D eigenvalue weighted by Crippen LogP contribution is -2.36. The van der Waals surface area contributed by atoms with Gasteiger partial charge in [0.1, 0.15) is 0 Å². The SMILES string of the molecule is NCC1CCN(c2nc3ccc(Br)cn3n2)CC1. The van der Waals surface area contributed by atoms with Gasteiger partial charge < -0.3 is 10.6 Å². The summed E-state index contributed by atoms with van der Waals surface area (Å²) in [7, 11) is 0. The Morgan fingerprint density at radius 1 is 1.33 bits per heavy atom. The van der Waals surface area contributed by atoms with Gasteiger partial charge in [-0.1, -0.05) is 0 Å². The largest absolute Gasteiger partial charge is 0.339 e. The van der Waals surface area contributed by atoms with Crippen LogP contribution in [0, 0.1) is 5.92 Å². The van der Waals surface area contributed by atoms with Crippen LogP contribution in [0.5, 0.6) is 0 Å². The van der Waals surface area contributed by atoms with Crippen molar-refractivity contribution in [2.45, 2.75) is 12.8 Å². The predicted molar refractivity (Wildman–Crippen MR) is 74.7 cm³/mol. The van der Waals surface area contributed by atoms with Crippen molar-refractivity contribution in [3.8, 4) is 0 Å². The summed E-state index contributed by atoms with van der Waals surface area (Å²) in [5.41, 5.74) is 6.59. The highest BCUT2D eigenvalue weighted by Crippen LogP contribution is 2.21. The third-order valence-corrected chi connectivity index (χ3v) is 3.98. The highest BCUT2D eigenvalue weighted by atomic mass is 79.9. The van der Waals surface area contributed by atoms with E-state index >= 15 is 0 Å². The Balaban J connectivity index is 1.82. The molecule has 18 heavy (non-hydrogen) atoms. The molecule has 3 rings (SSSR count). The summed E-state index contributed by atoms with van der Waals surface area (Å²) >= 11 is 3.44. The van der Waals surface area contributed by atoms with Crippen molar-refractivity contribution in [1.82, 2.24) is 14.6 Å². The van der Waals surface area contributed by atoms with Gasteiger partial charge in [0.05, 0.1) is 0 Å². The molecule has 1 aliphatic rings. The molecule has 0 unspecified atom stereocenters. The van der Waals surface area contributed by atoms with Gasteiger partial charge in [0, 0.05) is 23.8 Å². The normalized spacial score (nSPS) is 17.6. The fourth-order valence-electron chi connectivity index (χ4n) is 2.35. The maximum Gasteiger partial charge on any atom is 0.245 e. The molecule has 5 nitrogen and oxygen atoms in total. The van der Waals surface area contributed by atoms with E-state index in [0.29, 0.717) is 5.92 Å². The number of nitrogens with two attached hydrogens (primary N) is 1. The maximum atomic E-state index is 5.71. The number of hydrogen-bond acceptors (Lipinski definition) is 4. The average molecular weight is 310 g/mol. The van der Waals surface area contributed by atoms with Crippen LogP contribution < -0.4 is 10.6 Å². The van der Waals surface area contributed by atoms with Crippen molar-refractivity contribution in [3.63, 3.8) is 0 Å². The molecule has 1 fully saturated rings. The maximum absolute atomic E-state index is 5.71. The predicted octanol–water partition coefficient (Wildman–Crippen LogP) is 1.67. The molecule has 0 aromatic carbocycles. The van der Waals surface area contributed by atoms with Crippen LogP contribution in [0.3, 0.4) is 0 Å². The van der Waals surface area contributed by atoms with Gasteiger partial charge in [0.25, 0.3) is 0 Å². The fourth-order valence-corrected chi connectivity index (χ4v) is 2.68. The van der Waals surface area contributed by atoms with E-state index in [-0.39, 0.29) is 0 Å². The number of nitrogens with zero attached hydrogens (tertiary/aromatic N) is 4. The van der Waals surface area contributed by atoms with Crippen molar-refractivity contribution in [1.29, 1.82) is 0 Å². The first-order valence-electron chi connectivity index (χ1n) is 6.23. The second-order valence-electron chi connectivity index (χ2n) is 4.73. The number of hydrogen-bond donors (Lipinski definition) is 1. The summed E-state index contributed by atoms with van der Waals surface area (Å²) in [6, 6.07) is 3.95. The van der Waals surface area contributed by atoms with E-state index in [1.165, 1.54) is 0 Å². The summed E-state index contributed by atoms with van der Waals surface area (Å²) in [6.07, 6.45) is 4.20. The molecule has 2 N–H and O–H groups in total. The zero-order valence-electron chi connectivity index (χ0n) is 10.1. The highest BCUT2D eigenvalue weighted by Gasteiger charge is 2.20. The molecule has 2 aromatic rings. The number of halogens is 1. The third kappa shape index (κ3) is 2.22. The topological polar surface area (TPSA) is 59.5 Å². The van der Waals surface area contributed by atoms with Crippen molar-refractivity contribution in [2.24, 2.45) is 11.7 Å². The Morgan fingerprint density at radius 2 is 2.11 bits per heavy atom. The fraction of sp³-hybridized carbons (Fsp3) is 0.500. The zero-order valence-corrected chi connectivity index (χ0v) is 11.7. The van der Waals surface area contributed by atoms with Gasteiger partial charge in [-0.2, -0.15) is 4.98 Å². The average Bonchev–Trinajstić information content (AvgIpc) is 2.81. The van der Waals surface area contributed by atoms with Crippen molar-refractivity contribution < 1.29 is 0 Å². The van der Waals surface area contributed by atoms with E-state index in [1.54, 1.807) is 0 Å². The molecule has 96 valence electrons. The Bertz CT molecular complexity index is 544. The van der Waals surface area contributed by atoms with Gasteiger partial charge in [-0.3, -0.25) is 0 Å². The van der Waals surface area contributed by atoms with Gasteiger partial charge in [-0.15, -0.1) is 5.10 Å². The third-order valence-electron chi connectivity index (χ3n) is 3.51. The van der Waals surface area contributed by atoms with Crippen LogP contribution in [0.15, 0.2) is 22.8 Å². The molecule has 0 saturated carbocycles. The van der Waals surface area contributed by atoms with Crippen molar-refractivity contribution in [2.75, 3.05) is 24.5 Å². The minimum Gasteiger partial charge on any atom is -0.339 e. The summed E-state index contributed by atoms with van der Waals surface area (Å²) in [5, 5.41) is 4.52. The molecule has 0 atom stereocenters. The second kappa shape index (κ2) is 4.85. The van der Waals surface area contributed by atoms with Gasteiger partial charge in [0.15, 0.2) is 5.65 Å². The van der Waals surface area contributed by atoms with Crippen LogP contribution in [-0.4, -0.2) is 34.2 Å². The lowest BCUT2D eigenvalue weighted by Gasteiger charge is -2.30. The number of fused-ring (bicyclic) bond motifs is 1. The van der Waals surface area contributed by atoms with Crippen molar-refractivity contribution in [3.05, 3.63) is 22.8 Å². The minimum absolute atomic E-state index is 0.660. The van der Waals surface area contributed by atoms with Crippen LogP contribution in [-0.2, 0) is 0 Å². The molecule has 0 amide bonds. The van der Waals surface area contributed by atoms with E-state index < -0.39 is 0 Å². The van der Waals surface area contributed by atoms with Crippen LogP contribution in [0.4, 0.5) is 5.95 Å². The number of aromatic nitrogens is 3. The Kier molecular flexibility index (Phi) is 3.22. The molecule has 1 saturated heterocycles. The molecule has 0 aliphatic carbocycles. The quantitative estimate of drug-likeness (QED) is 0.916. The van der Waals surface area contributed by atoms with Crippen molar-refractivity contribution >= 4 is 27.5 Å². The summed E-state index contributed by atoms with van der Waals surface area (Å²) in [5.74, 6) is 1.48. The molecule has 0 radical (unpaired) electrons.